The van der Waals surface area contributed by atoms with Gasteiger partial charge in [-0.1, -0.05) is 22.6 Å². The molecule has 2 rings (SSSR count). The summed E-state index contributed by atoms with van der Waals surface area (Å²) < 4.78 is 12.8. The largest absolute Gasteiger partial charge is 0.494 e. The third-order valence-corrected chi connectivity index (χ3v) is 6.55. The van der Waals surface area contributed by atoms with Gasteiger partial charge in [0.05, 0.1) is 13.2 Å². The van der Waals surface area contributed by atoms with E-state index in [1.807, 2.05) is 13.8 Å². The van der Waals surface area contributed by atoms with Crippen LogP contribution < -0.4 is 9.47 Å². The van der Waals surface area contributed by atoms with Crippen molar-refractivity contribution in [2.24, 2.45) is 0 Å². The van der Waals surface area contributed by atoms with Crippen molar-refractivity contribution >= 4 is 22.6 Å². The molecule has 2 aromatic carbocycles. The van der Waals surface area contributed by atoms with Gasteiger partial charge in [0.15, 0.2) is 0 Å². The maximum Gasteiger partial charge on any atom is 0.122 e. The number of hydrogen-bond acceptors (Lipinski definition) is 2. The first-order valence-electron chi connectivity index (χ1n) is 9.81. The lowest BCUT2D eigenvalue weighted by molar-refractivity contribution is 0.337. The fraction of sp³-hybridized carbons (Fsp3) is 0.500. The highest BCUT2D eigenvalue weighted by Crippen LogP contribution is 2.41. The van der Waals surface area contributed by atoms with Gasteiger partial charge < -0.3 is 9.47 Å². The van der Waals surface area contributed by atoms with Gasteiger partial charge in [0.25, 0.3) is 0 Å². The van der Waals surface area contributed by atoms with E-state index < -0.39 is 0 Å². The lowest BCUT2D eigenvalue weighted by Crippen LogP contribution is -2.13. The summed E-state index contributed by atoms with van der Waals surface area (Å²) in [6, 6.07) is 4.43. The van der Waals surface area contributed by atoms with Crippen LogP contribution in [0.5, 0.6) is 11.5 Å². The first-order chi connectivity index (χ1) is 12.8. The number of alkyl halides is 1. The minimum absolute atomic E-state index is 0.370. The molecule has 3 heteroatoms. The maximum absolute atomic E-state index is 5.86. The zero-order valence-electron chi connectivity index (χ0n) is 18.0. The van der Waals surface area contributed by atoms with Gasteiger partial charge in [0, 0.05) is 10.3 Å². The molecule has 2 nitrogen and oxygen atoms in total. The van der Waals surface area contributed by atoms with E-state index >= 15 is 0 Å². The molecule has 0 radical (unpaired) electrons. The summed E-state index contributed by atoms with van der Waals surface area (Å²) in [5, 5.41) is 0. The Kier molecular flexibility index (Phi) is 7.61. The summed E-state index contributed by atoms with van der Waals surface area (Å²) in [4.78, 5) is 0. The summed E-state index contributed by atoms with van der Waals surface area (Å²) >= 11 is 2.53. The molecule has 0 unspecified atom stereocenters. The highest BCUT2D eigenvalue weighted by molar-refractivity contribution is 14.1. The van der Waals surface area contributed by atoms with Gasteiger partial charge in [-0.05, 0) is 112 Å². The number of benzene rings is 2. The predicted molar refractivity (Wildman–Crippen MR) is 124 cm³/mol. The fourth-order valence-electron chi connectivity index (χ4n) is 4.11. The highest BCUT2D eigenvalue weighted by Gasteiger charge is 2.25. The normalized spacial score (nSPS) is 11.2. The summed E-state index contributed by atoms with van der Waals surface area (Å²) in [6.45, 7) is 18.8. The van der Waals surface area contributed by atoms with Crippen LogP contribution in [0.3, 0.4) is 0 Å². The molecule has 0 amide bonds. The van der Waals surface area contributed by atoms with Gasteiger partial charge in [-0.25, -0.2) is 0 Å². The topological polar surface area (TPSA) is 18.5 Å². The van der Waals surface area contributed by atoms with E-state index in [0.717, 1.165) is 15.9 Å². The standard InChI is InChI=1S/C24H33IO2/c1-9-26-21-11-14(3)23(18(7)16(21)5)20(13-25)24-15(4)12-22(27-10-2)17(6)19(24)8/h11-12,20H,9-10,13H2,1-8H3. The van der Waals surface area contributed by atoms with Gasteiger partial charge in [-0.15, -0.1) is 0 Å². The van der Waals surface area contributed by atoms with Crippen molar-refractivity contribution < 1.29 is 9.47 Å². The van der Waals surface area contributed by atoms with Crippen molar-refractivity contribution in [3.63, 3.8) is 0 Å². The molecule has 0 N–H and O–H groups in total. The van der Waals surface area contributed by atoms with Crippen LogP contribution in [0.25, 0.3) is 0 Å². The highest BCUT2D eigenvalue weighted by atomic mass is 127. The van der Waals surface area contributed by atoms with E-state index in [9.17, 15) is 0 Å². The Labute approximate surface area is 178 Å². The lowest BCUT2D eigenvalue weighted by Gasteiger charge is -2.27. The SMILES string of the molecule is CCOc1cc(C)c(C(CI)c2c(C)cc(OCC)c(C)c2C)c(C)c1C. The third kappa shape index (κ3) is 4.28. The summed E-state index contributed by atoms with van der Waals surface area (Å²) in [5.41, 5.74) is 10.7. The number of halogens is 1. The Morgan fingerprint density at radius 3 is 1.37 bits per heavy atom. The molecular weight excluding hydrogens is 447 g/mol. The Morgan fingerprint density at radius 1 is 0.704 bits per heavy atom. The molecule has 0 bridgehead atoms. The zero-order chi connectivity index (χ0) is 20.3. The molecule has 0 aliphatic heterocycles. The smallest absolute Gasteiger partial charge is 0.122 e. The van der Waals surface area contributed by atoms with Crippen molar-refractivity contribution in [1.29, 1.82) is 0 Å². The van der Waals surface area contributed by atoms with Crippen LogP contribution in [0.4, 0.5) is 0 Å². The second-order valence-corrected chi connectivity index (χ2v) is 8.16. The summed E-state index contributed by atoms with van der Waals surface area (Å²) in [5.74, 6) is 2.40. The van der Waals surface area contributed by atoms with Crippen molar-refractivity contribution in [1.82, 2.24) is 0 Å². The van der Waals surface area contributed by atoms with Gasteiger partial charge in [0.1, 0.15) is 11.5 Å². The number of ether oxygens (including phenoxy) is 2. The van der Waals surface area contributed by atoms with Gasteiger partial charge in [-0.3, -0.25) is 0 Å². The molecule has 0 aliphatic rings. The molecule has 0 aliphatic carbocycles. The third-order valence-electron chi connectivity index (χ3n) is 5.67. The molecule has 0 fully saturated rings. The van der Waals surface area contributed by atoms with Crippen LogP contribution in [0, 0.1) is 41.5 Å². The minimum Gasteiger partial charge on any atom is -0.494 e. The second kappa shape index (κ2) is 9.31. The molecule has 0 saturated carbocycles. The van der Waals surface area contributed by atoms with E-state index in [-0.39, 0.29) is 0 Å². The first-order valence-corrected chi connectivity index (χ1v) is 11.3. The monoisotopic (exact) mass is 480 g/mol. The molecule has 2 aromatic rings. The van der Waals surface area contributed by atoms with E-state index in [2.05, 4.69) is 76.3 Å². The van der Waals surface area contributed by atoms with E-state index in [4.69, 9.17) is 9.47 Å². The molecule has 0 atom stereocenters. The first kappa shape index (κ1) is 22.1. The van der Waals surface area contributed by atoms with Gasteiger partial charge in [0.2, 0.25) is 0 Å². The van der Waals surface area contributed by atoms with E-state index in [1.54, 1.807) is 0 Å². The maximum atomic E-state index is 5.86. The van der Waals surface area contributed by atoms with E-state index in [1.165, 1.54) is 44.5 Å². The summed E-state index contributed by atoms with van der Waals surface area (Å²) in [6.07, 6.45) is 0. The molecule has 0 saturated heterocycles. The van der Waals surface area contributed by atoms with Gasteiger partial charge in [-0.2, -0.15) is 0 Å². The Morgan fingerprint density at radius 2 is 1.07 bits per heavy atom. The Balaban J connectivity index is 2.69. The van der Waals surface area contributed by atoms with Gasteiger partial charge >= 0.3 is 0 Å². The molecule has 0 aromatic heterocycles. The summed E-state index contributed by atoms with van der Waals surface area (Å²) in [7, 11) is 0. The van der Waals surface area contributed by atoms with Crippen LogP contribution in [0.1, 0.15) is 64.3 Å². The lowest BCUT2D eigenvalue weighted by atomic mass is 9.80. The molecular formula is C24H33IO2. The minimum atomic E-state index is 0.370. The Hall–Kier alpha value is -1.23. The average molecular weight is 480 g/mol. The Bertz CT molecular complexity index is 757. The van der Waals surface area contributed by atoms with Crippen molar-refractivity contribution in [3.05, 3.63) is 56.6 Å². The number of rotatable bonds is 7. The molecule has 0 spiro atoms. The number of hydrogen-bond donors (Lipinski definition) is 0. The van der Waals surface area contributed by atoms with Crippen molar-refractivity contribution in [2.75, 3.05) is 17.6 Å². The average Bonchev–Trinajstić information content (AvgIpc) is 2.62. The second-order valence-electron chi connectivity index (χ2n) is 7.28. The molecule has 148 valence electrons. The van der Waals surface area contributed by atoms with Crippen molar-refractivity contribution in [3.8, 4) is 11.5 Å². The van der Waals surface area contributed by atoms with Crippen LogP contribution in [-0.4, -0.2) is 17.6 Å². The van der Waals surface area contributed by atoms with Crippen LogP contribution in [0.2, 0.25) is 0 Å². The van der Waals surface area contributed by atoms with Crippen LogP contribution >= 0.6 is 22.6 Å². The van der Waals surface area contributed by atoms with Crippen LogP contribution in [0.15, 0.2) is 12.1 Å². The quantitative estimate of drug-likeness (QED) is 0.317. The van der Waals surface area contributed by atoms with Crippen LogP contribution in [-0.2, 0) is 0 Å². The number of aryl methyl sites for hydroxylation is 2. The van der Waals surface area contributed by atoms with Crippen molar-refractivity contribution in [2.45, 2.75) is 61.3 Å². The predicted octanol–water partition coefficient (Wildman–Crippen LogP) is 6.90. The zero-order valence-corrected chi connectivity index (χ0v) is 20.2. The molecule has 0 heterocycles. The van der Waals surface area contributed by atoms with E-state index in [0.29, 0.717) is 19.1 Å². The molecule has 27 heavy (non-hydrogen) atoms. The fourth-order valence-corrected chi connectivity index (χ4v) is 4.99.